The molecule has 13 heavy (non-hydrogen) atoms. The van der Waals surface area contributed by atoms with Gasteiger partial charge in [-0.25, -0.2) is 4.98 Å². The number of rotatable bonds is 2. The standard InChI is InChI=1S/C9H13N3O/c1-2-9-11-7(6-13)8-5-10-3-4-12(8)9/h6,10H,2-5H2,1H3. The lowest BCUT2D eigenvalue weighted by Crippen LogP contribution is -2.29. The minimum absolute atomic E-state index is 0.601. The van der Waals surface area contributed by atoms with Gasteiger partial charge in [-0.3, -0.25) is 4.79 Å². The summed E-state index contributed by atoms with van der Waals surface area (Å²) in [7, 11) is 0. The molecule has 1 aromatic rings. The molecule has 0 radical (unpaired) electrons. The number of nitrogens with one attached hydrogen (secondary N) is 1. The summed E-state index contributed by atoms with van der Waals surface area (Å²) in [5.74, 6) is 1.03. The minimum Gasteiger partial charge on any atom is -0.329 e. The van der Waals surface area contributed by atoms with E-state index >= 15 is 0 Å². The van der Waals surface area contributed by atoms with Crippen LogP contribution in [-0.2, 0) is 19.5 Å². The van der Waals surface area contributed by atoms with Crippen molar-refractivity contribution < 1.29 is 4.79 Å². The van der Waals surface area contributed by atoms with Crippen molar-refractivity contribution in [1.82, 2.24) is 14.9 Å². The van der Waals surface area contributed by atoms with Crippen LogP contribution in [0.4, 0.5) is 0 Å². The Hall–Kier alpha value is -1.16. The number of aryl methyl sites for hydroxylation is 1. The van der Waals surface area contributed by atoms with E-state index in [-0.39, 0.29) is 0 Å². The normalized spacial score (nSPS) is 15.5. The van der Waals surface area contributed by atoms with Crippen molar-refractivity contribution >= 4 is 6.29 Å². The Morgan fingerprint density at radius 3 is 3.23 bits per heavy atom. The van der Waals surface area contributed by atoms with E-state index in [0.717, 1.165) is 43.9 Å². The third kappa shape index (κ3) is 1.27. The van der Waals surface area contributed by atoms with E-state index in [1.54, 1.807) is 0 Å². The predicted octanol–water partition coefficient (Wildman–Crippen LogP) is 0.361. The summed E-state index contributed by atoms with van der Waals surface area (Å²) in [6, 6.07) is 0. The van der Waals surface area contributed by atoms with E-state index in [9.17, 15) is 4.79 Å². The van der Waals surface area contributed by atoms with Crippen LogP contribution in [0.1, 0.15) is 28.9 Å². The van der Waals surface area contributed by atoms with Gasteiger partial charge in [-0.15, -0.1) is 0 Å². The topological polar surface area (TPSA) is 46.9 Å². The lowest BCUT2D eigenvalue weighted by Gasteiger charge is -2.17. The molecule has 2 rings (SSSR count). The maximum absolute atomic E-state index is 10.7. The number of aldehydes is 1. The minimum atomic E-state index is 0.601. The molecule has 2 heterocycles. The van der Waals surface area contributed by atoms with Crippen LogP contribution in [0.15, 0.2) is 0 Å². The number of hydrogen-bond acceptors (Lipinski definition) is 3. The maximum Gasteiger partial charge on any atom is 0.170 e. The summed E-state index contributed by atoms with van der Waals surface area (Å²) in [6.07, 6.45) is 1.73. The quantitative estimate of drug-likeness (QED) is 0.667. The van der Waals surface area contributed by atoms with Crippen molar-refractivity contribution in [2.24, 2.45) is 0 Å². The van der Waals surface area contributed by atoms with E-state index in [2.05, 4.69) is 21.8 Å². The van der Waals surface area contributed by atoms with E-state index in [1.807, 2.05) is 0 Å². The Kier molecular flexibility index (Phi) is 2.14. The molecule has 1 aliphatic heterocycles. The van der Waals surface area contributed by atoms with Crippen molar-refractivity contribution in [3.63, 3.8) is 0 Å². The molecule has 0 bridgehead atoms. The number of carbonyl (C=O) groups is 1. The number of fused-ring (bicyclic) bond motifs is 1. The summed E-state index contributed by atoms with van der Waals surface area (Å²) < 4.78 is 2.15. The molecule has 0 fully saturated rings. The van der Waals surface area contributed by atoms with Crippen molar-refractivity contribution in [3.05, 3.63) is 17.2 Å². The van der Waals surface area contributed by atoms with Gasteiger partial charge in [-0.2, -0.15) is 0 Å². The Labute approximate surface area is 77.0 Å². The highest BCUT2D eigenvalue weighted by Crippen LogP contribution is 2.13. The summed E-state index contributed by atoms with van der Waals surface area (Å²) in [5.41, 5.74) is 1.64. The first kappa shape index (κ1) is 8.44. The molecule has 0 amide bonds. The Bertz CT molecular complexity index is 330. The summed E-state index contributed by atoms with van der Waals surface area (Å²) in [6.45, 7) is 4.72. The first-order chi connectivity index (χ1) is 6.36. The maximum atomic E-state index is 10.7. The van der Waals surface area contributed by atoms with Crippen LogP contribution in [-0.4, -0.2) is 22.4 Å². The molecule has 4 heteroatoms. The second-order valence-electron chi connectivity index (χ2n) is 3.16. The molecular formula is C9H13N3O. The van der Waals surface area contributed by atoms with E-state index in [1.165, 1.54) is 0 Å². The number of nitrogens with zero attached hydrogens (tertiary/aromatic N) is 2. The highest BCUT2D eigenvalue weighted by Gasteiger charge is 2.17. The van der Waals surface area contributed by atoms with Crippen molar-refractivity contribution in [2.75, 3.05) is 6.54 Å². The van der Waals surface area contributed by atoms with Gasteiger partial charge in [0.1, 0.15) is 11.5 Å². The van der Waals surface area contributed by atoms with Gasteiger partial charge in [-0.05, 0) is 0 Å². The van der Waals surface area contributed by atoms with E-state index in [0.29, 0.717) is 5.69 Å². The molecule has 0 saturated carbocycles. The SMILES string of the molecule is CCc1nc(C=O)c2n1CCNC2. The van der Waals surface area contributed by atoms with Crippen molar-refractivity contribution in [2.45, 2.75) is 26.4 Å². The van der Waals surface area contributed by atoms with Crippen LogP contribution >= 0.6 is 0 Å². The summed E-state index contributed by atoms with van der Waals surface area (Å²) in [4.78, 5) is 15.0. The van der Waals surface area contributed by atoms with Crippen LogP contribution < -0.4 is 5.32 Å². The van der Waals surface area contributed by atoms with Crippen LogP contribution in [0.2, 0.25) is 0 Å². The predicted molar refractivity (Wildman–Crippen MR) is 48.7 cm³/mol. The van der Waals surface area contributed by atoms with Crippen molar-refractivity contribution in [1.29, 1.82) is 0 Å². The fourth-order valence-electron chi connectivity index (χ4n) is 1.77. The zero-order valence-corrected chi connectivity index (χ0v) is 7.71. The van der Waals surface area contributed by atoms with Gasteiger partial charge in [0, 0.05) is 26.1 Å². The average Bonchev–Trinajstić information content (AvgIpc) is 2.56. The number of aromatic nitrogens is 2. The Morgan fingerprint density at radius 2 is 2.54 bits per heavy atom. The number of imidazole rings is 1. The smallest absolute Gasteiger partial charge is 0.170 e. The molecular weight excluding hydrogens is 166 g/mol. The summed E-state index contributed by atoms with van der Waals surface area (Å²) >= 11 is 0. The molecule has 1 N–H and O–H groups in total. The fourth-order valence-corrected chi connectivity index (χ4v) is 1.77. The Morgan fingerprint density at radius 1 is 1.69 bits per heavy atom. The second-order valence-corrected chi connectivity index (χ2v) is 3.16. The second kappa shape index (κ2) is 3.30. The van der Waals surface area contributed by atoms with Crippen LogP contribution in [0.5, 0.6) is 0 Å². The van der Waals surface area contributed by atoms with Gasteiger partial charge in [-0.1, -0.05) is 6.92 Å². The highest BCUT2D eigenvalue weighted by molar-refractivity contribution is 5.73. The van der Waals surface area contributed by atoms with Gasteiger partial charge in [0.2, 0.25) is 0 Å². The summed E-state index contributed by atoms with van der Waals surface area (Å²) in [5, 5.41) is 3.23. The molecule has 0 unspecified atom stereocenters. The third-order valence-electron chi connectivity index (χ3n) is 2.42. The molecule has 4 nitrogen and oxygen atoms in total. The molecule has 0 atom stereocenters. The molecule has 0 aliphatic carbocycles. The van der Waals surface area contributed by atoms with E-state index in [4.69, 9.17) is 0 Å². The van der Waals surface area contributed by atoms with Gasteiger partial charge >= 0.3 is 0 Å². The van der Waals surface area contributed by atoms with Gasteiger partial charge in [0.25, 0.3) is 0 Å². The Balaban J connectivity index is 2.50. The molecule has 70 valence electrons. The van der Waals surface area contributed by atoms with E-state index < -0.39 is 0 Å². The molecule has 0 saturated heterocycles. The van der Waals surface area contributed by atoms with Gasteiger partial charge in [0.05, 0.1) is 5.69 Å². The fraction of sp³-hybridized carbons (Fsp3) is 0.556. The first-order valence-electron chi connectivity index (χ1n) is 4.61. The largest absolute Gasteiger partial charge is 0.329 e. The monoisotopic (exact) mass is 179 g/mol. The number of carbonyl (C=O) groups excluding carboxylic acids is 1. The van der Waals surface area contributed by atoms with Gasteiger partial charge in [0.15, 0.2) is 6.29 Å². The van der Waals surface area contributed by atoms with Crippen molar-refractivity contribution in [3.8, 4) is 0 Å². The zero-order valence-electron chi connectivity index (χ0n) is 7.71. The highest BCUT2D eigenvalue weighted by atomic mass is 16.1. The molecule has 0 aromatic carbocycles. The molecule has 0 spiro atoms. The third-order valence-corrected chi connectivity index (χ3v) is 2.42. The molecule has 1 aromatic heterocycles. The zero-order chi connectivity index (χ0) is 9.26. The van der Waals surface area contributed by atoms with Crippen LogP contribution in [0.3, 0.4) is 0 Å². The lowest BCUT2D eigenvalue weighted by atomic mass is 10.3. The van der Waals surface area contributed by atoms with Gasteiger partial charge < -0.3 is 9.88 Å². The number of hydrogen-bond donors (Lipinski definition) is 1. The lowest BCUT2D eigenvalue weighted by molar-refractivity contribution is 0.111. The molecule has 1 aliphatic rings. The first-order valence-corrected chi connectivity index (χ1v) is 4.61. The van der Waals surface area contributed by atoms with Crippen LogP contribution in [0.25, 0.3) is 0 Å². The van der Waals surface area contributed by atoms with Crippen LogP contribution in [0, 0.1) is 0 Å². The average molecular weight is 179 g/mol.